The standard InChI is InChI=1S/C14H24ClN3OS/c1-17(2)8-12-6-13(19)9-18(12)5-3-4-14-16-11(7-15)10-20-14/h10,12-13,19H,3-9H2,1-2H3. The second-order valence-electron chi connectivity index (χ2n) is 5.77. The van der Waals surface area contributed by atoms with Crippen LogP contribution in [0, 0.1) is 0 Å². The smallest absolute Gasteiger partial charge is 0.0929 e. The Hall–Kier alpha value is -0.200. The number of likely N-dealkylation sites (N-methyl/N-ethyl adjacent to an activating group) is 1. The second-order valence-corrected chi connectivity index (χ2v) is 6.98. The molecule has 1 N–H and O–H groups in total. The normalized spacial score (nSPS) is 23.9. The second kappa shape index (κ2) is 7.71. The maximum Gasteiger partial charge on any atom is 0.0929 e. The van der Waals surface area contributed by atoms with Crippen molar-refractivity contribution < 1.29 is 5.11 Å². The Morgan fingerprint density at radius 1 is 1.55 bits per heavy atom. The minimum absolute atomic E-state index is 0.164. The van der Waals surface area contributed by atoms with Gasteiger partial charge in [-0.25, -0.2) is 4.98 Å². The van der Waals surface area contributed by atoms with Gasteiger partial charge in [0.05, 0.1) is 22.7 Å². The van der Waals surface area contributed by atoms with Crippen LogP contribution >= 0.6 is 22.9 Å². The first-order valence-corrected chi connectivity index (χ1v) is 8.56. The average Bonchev–Trinajstić information content (AvgIpc) is 2.96. The molecular formula is C14H24ClN3OS. The molecule has 1 aromatic heterocycles. The van der Waals surface area contributed by atoms with E-state index in [1.165, 1.54) is 5.01 Å². The van der Waals surface area contributed by atoms with Crippen LogP contribution in [-0.4, -0.2) is 65.8 Å². The van der Waals surface area contributed by atoms with Gasteiger partial charge < -0.3 is 10.0 Å². The molecule has 1 fully saturated rings. The summed E-state index contributed by atoms with van der Waals surface area (Å²) < 4.78 is 0. The van der Waals surface area contributed by atoms with Crippen molar-refractivity contribution >= 4 is 22.9 Å². The van der Waals surface area contributed by atoms with Crippen molar-refractivity contribution in [1.82, 2.24) is 14.8 Å². The number of halogens is 1. The third-order valence-corrected chi connectivity index (χ3v) is 4.89. The summed E-state index contributed by atoms with van der Waals surface area (Å²) in [6, 6.07) is 0.481. The van der Waals surface area contributed by atoms with Crippen LogP contribution in [0.4, 0.5) is 0 Å². The van der Waals surface area contributed by atoms with Crippen molar-refractivity contribution in [2.75, 3.05) is 33.7 Å². The summed E-state index contributed by atoms with van der Waals surface area (Å²) >= 11 is 7.46. The molecule has 0 saturated carbocycles. The molecule has 0 aromatic carbocycles. The van der Waals surface area contributed by atoms with Gasteiger partial charge in [0.25, 0.3) is 0 Å². The molecule has 6 heteroatoms. The van der Waals surface area contributed by atoms with Gasteiger partial charge in [0.1, 0.15) is 0 Å². The van der Waals surface area contributed by atoms with E-state index in [0.717, 1.165) is 44.6 Å². The lowest BCUT2D eigenvalue weighted by atomic mass is 10.2. The van der Waals surface area contributed by atoms with E-state index in [0.29, 0.717) is 11.9 Å². The third-order valence-electron chi connectivity index (χ3n) is 3.65. The predicted octanol–water partition coefficient (Wildman–Crippen LogP) is 1.81. The Morgan fingerprint density at radius 3 is 3.00 bits per heavy atom. The van der Waals surface area contributed by atoms with Crippen LogP contribution in [0.3, 0.4) is 0 Å². The molecule has 2 rings (SSSR count). The zero-order chi connectivity index (χ0) is 14.5. The van der Waals surface area contributed by atoms with Crippen molar-refractivity contribution in [2.24, 2.45) is 0 Å². The first-order valence-electron chi connectivity index (χ1n) is 7.14. The molecule has 114 valence electrons. The number of likely N-dealkylation sites (tertiary alicyclic amines) is 1. The summed E-state index contributed by atoms with van der Waals surface area (Å²) in [5, 5.41) is 13.1. The fraction of sp³-hybridized carbons (Fsp3) is 0.786. The monoisotopic (exact) mass is 317 g/mol. The molecule has 2 heterocycles. The van der Waals surface area contributed by atoms with Crippen molar-refractivity contribution in [3.8, 4) is 0 Å². The molecule has 0 radical (unpaired) electrons. The zero-order valence-electron chi connectivity index (χ0n) is 12.3. The summed E-state index contributed by atoms with van der Waals surface area (Å²) in [6.07, 6.45) is 2.82. The summed E-state index contributed by atoms with van der Waals surface area (Å²) in [4.78, 5) is 9.10. The first kappa shape index (κ1) is 16.2. The lowest BCUT2D eigenvalue weighted by Gasteiger charge is -2.26. The Kier molecular flexibility index (Phi) is 6.23. The number of aliphatic hydroxyl groups excluding tert-OH is 1. The van der Waals surface area contributed by atoms with Gasteiger partial charge >= 0.3 is 0 Å². The number of aromatic nitrogens is 1. The average molecular weight is 318 g/mol. The molecule has 1 saturated heterocycles. The van der Waals surface area contributed by atoms with E-state index in [-0.39, 0.29) is 6.10 Å². The van der Waals surface area contributed by atoms with E-state index in [1.54, 1.807) is 11.3 Å². The number of alkyl halides is 1. The first-order chi connectivity index (χ1) is 9.58. The van der Waals surface area contributed by atoms with Crippen LogP contribution in [0.25, 0.3) is 0 Å². The predicted molar refractivity (Wildman–Crippen MR) is 84.5 cm³/mol. The minimum atomic E-state index is -0.164. The Balaban J connectivity index is 1.77. The highest BCUT2D eigenvalue weighted by atomic mass is 35.5. The van der Waals surface area contributed by atoms with E-state index in [2.05, 4.69) is 28.9 Å². The van der Waals surface area contributed by atoms with E-state index >= 15 is 0 Å². The number of aliphatic hydroxyl groups is 1. The van der Waals surface area contributed by atoms with Crippen LogP contribution in [0.1, 0.15) is 23.5 Å². The van der Waals surface area contributed by atoms with Gasteiger partial charge in [0.2, 0.25) is 0 Å². The number of rotatable bonds is 7. The maximum atomic E-state index is 9.85. The van der Waals surface area contributed by atoms with Crippen LogP contribution < -0.4 is 0 Å². The van der Waals surface area contributed by atoms with E-state index in [1.807, 2.05) is 5.38 Å². The Labute approximate surface area is 130 Å². The number of hydrogen-bond acceptors (Lipinski definition) is 5. The van der Waals surface area contributed by atoms with Gasteiger partial charge in [0.15, 0.2) is 0 Å². The largest absolute Gasteiger partial charge is 0.392 e. The van der Waals surface area contributed by atoms with Crippen molar-refractivity contribution in [1.29, 1.82) is 0 Å². The van der Waals surface area contributed by atoms with Crippen molar-refractivity contribution in [3.63, 3.8) is 0 Å². The quantitative estimate of drug-likeness (QED) is 0.779. The van der Waals surface area contributed by atoms with Gasteiger partial charge in [-0.15, -0.1) is 22.9 Å². The van der Waals surface area contributed by atoms with Crippen molar-refractivity contribution in [3.05, 3.63) is 16.1 Å². The van der Waals surface area contributed by atoms with Gasteiger partial charge in [0, 0.05) is 30.9 Å². The molecule has 0 aliphatic carbocycles. The molecule has 1 aromatic rings. The summed E-state index contributed by atoms with van der Waals surface area (Å²) in [5.41, 5.74) is 0.980. The van der Waals surface area contributed by atoms with Crippen molar-refractivity contribution in [2.45, 2.75) is 37.3 Å². The molecule has 0 spiro atoms. The van der Waals surface area contributed by atoms with E-state index in [9.17, 15) is 5.11 Å². The Morgan fingerprint density at radius 2 is 2.35 bits per heavy atom. The van der Waals surface area contributed by atoms with Crippen LogP contribution in [0.15, 0.2) is 5.38 Å². The molecule has 1 aliphatic rings. The topological polar surface area (TPSA) is 39.6 Å². The fourth-order valence-electron chi connectivity index (χ4n) is 2.80. The number of nitrogens with zero attached hydrogens (tertiary/aromatic N) is 3. The molecule has 0 amide bonds. The molecular weight excluding hydrogens is 294 g/mol. The highest BCUT2D eigenvalue weighted by molar-refractivity contribution is 7.09. The molecule has 4 nitrogen and oxygen atoms in total. The molecule has 2 atom stereocenters. The lowest BCUT2D eigenvalue weighted by Crippen LogP contribution is -2.38. The highest BCUT2D eigenvalue weighted by Crippen LogP contribution is 2.20. The van der Waals surface area contributed by atoms with E-state index < -0.39 is 0 Å². The number of β-amino-alcohol motifs (C(OH)–C–C–N with tert-alkyl or cyclic N) is 1. The highest BCUT2D eigenvalue weighted by Gasteiger charge is 2.30. The molecule has 20 heavy (non-hydrogen) atoms. The van der Waals surface area contributed by atoms with Gasteiger partial charge in [-0.1, -0.05) is 0 Å². The number of aryl methyl sites for hydroxylation is 1. The van der Waals surface area contributed by atoms with E-state index in [4.69, 9.17) is 11.6 Å². The molecule has 2 unspecified atom stereocenters. The van der Waals surface area contributed by atoms with Crippen LogP contribution in [0.2, 0.25) is 0 Å². The molecule has 0 bridgehead atoms. The van der Waals surface area contributed by atoms with Gasteiger partial charge in [-0.05, 0) is 33.5 Å². The Bertz CT molecular complexity index is 413. The van der Waals surface area contributed by atoms with Gasteiger partial charge in [-0.2, -0.15) is 0 Å². The zero-order valence-corrected chi connectivity index (χ0v) is 13.8. The van der Waals surface area contributed by atoms with Gasteiger partial charge in [-0.3, -0.25) is 4.90 Å². The fourth-order valence-corrected chi connectivity index (χ4v) is 3.87. The SMILES string of the molecule is CN(C)CC1CC(O)CN1CCCc1nc(CCl)cs1. The maximum absolute atomic E-state index is 9.85. The number of hydrogen-bond donors (Lipinski definition) is 1. The third kappa shape index (κ3) is 4.67. The summed E-state index contributed by atoms with van der Waals surface area (Å²) in [5.74, 6) is 0.500. The lowest BCUT2D eigenvalue weighted by molar-refractivity contribution is 0.172. The summed E-state index contributed by atoms with van der Waals surface area (Å²) in [6.45, 7) is 2.86. The molecule has 1 aliphatic heterocycles. The van der Waals surface area contributed by atoms with Crippen LogP contribution in [-0.2, 0) is 12.3 Å². The number of thiazole rings is 1. The minimum Gasteiger partial charge on any atom is -0.392 e. The summed E-state index contributed by atoms with van der Waals surface area (Å²) in [7, 11) is 4.18. The van der Waals surface area contributed by atoms with Crippen LogP contribution in [0.5, 0.6) is 0 Å².